The highest BCUT2D eigenvalue weighted by Crippen LogP contribution is 2.19. The van der Waals surface area contributed by atoms with Crippen molar-refractivity contribution >= 4 is 5.91 Å². The lowest BCUT2D eigenvalue weighted by molar-refractivity contribution is -0.124. The molecule has 1 aliphatic rings. The van der Waals surface area contributed by atoms with Crippen LogP contribution in [0.25, 0.3) is 0 Å². The molecule has 1 saturated heterocycles. The number of nitrogens with one attached hydrogen (secondary N) is 2. The molecule has 2 atom stereocenters. The molecule has 2 unspecified atom stereocenters. The Bertz CT molecular complexity index is 450. The molecule has 1 aromatic rings. The van der Waals surface area contributed by atoms with Gasteiger partial charge in [-0.2, -0.15) is 0 Å². The third-order valence-corrected chi connectivity index (χ3v) is 3.90. The Labute approximate surface area is 120 Å². The Kier molecular flexibility index (Phi) is 5.35. The number of carbonyl (C=O) groups is 1. The number of hydrogen-bond donors (Lipinski definition) is 2. The fraction of sp³-hybridized carbons (Fsp3) is 0.600. The van der Waals surface area contributed by atoms with Gasteiger partial charge in [0.05, 0.1) is 13.2 Å². The zero-order valence-corrected chi connectivity index (χ0v) is 12.2. The molecule has 0 radical (unpaired) electrons. The lowest BCUT2D eigenvalue weighted by atomic mass is 9.90. The topological polar surface area (TPSA) is 63.2 Å². The number of hydrogen-bond acceptors (Lipinski definition) is 4. The van der Waals surface area contributed by atoms with Crippen LogP contribution >= 0.6 is 0 Å². The van der Waals surface area contributed by atoms with Crippen molar-refractivity contribution in [2.75, 3.05) is 13.7 Å². The Morgan fingerprint density at radius 2 is 2.45 bits per heavy atom. The maximum absolute atomic E-state index is 12.2. The fourth-order valence-corrected chi connectivity index (χ4v) is 2.61. The van der Waals surface area contributed by atoms with Gasteiger partial charge in [-0.25, -0.2) is 4.98 Å². The molecule has 2 heterocycles. The minimum atomic E-state index is -0.0728. The number of methoxy groups -OCH3 is 1. The highest BCUT2D eigenvalue weighted by molar-refractivity contribution is 5.81. The quantitative estimate of drug-likeness (QED) is 0.856. The van der Waals surface area contributed by atoms with E-state index in [1.807, 2.05) is 12.1 Å². The molecule has 1 fully saturated rings. The summed E-state index contributed by atoms with van der Waals surface area (Å²) in [5.74, 6) is 1.28. The Hall–Kier alpha value is -1.62. The second-order valence-electron chi connectivity index (χ2n) is 5.19. The summed E-state index contributed by atoms with van der Waals surface area (Å²) in [6, 6.07) is 3.68. The van der Waals surface area contributed by atoms with Crippen LogP contribution in [0.4, 0.5) is 0 Å². The van der Waals surface area contributed by atoms with Crippen LogP contribution in [0.2, 0.25) is 0 Å². The Balaban J connectivity index is 1.88. The number of carbonyl (C=O) groups excluding carboxylic acids is 1. The third-order valence-electron chi connectivity index (χ3n) is 3.90. The van der Waals surface area contributed by atoms with Crippen LogP contribution in [-0.2, 0) is 11.3 Å². The first kappa shape index (κ1) is 14.8. The number of aromatic nitrogens is 1. The predicted octanol–water partition coefficient (Wildman–Crippen LogP) is 1.48. The molecule has 20 heavy (non-hydrogen) atoms. The first-order valence-corrected chi connectivity index (χ1v) is 7.23. The van der Waals surface area contributed by atoms with Gasteiger partial charge in [-0.1, -0.05) is 19.4 Å². The minimum absolute atomic E-state index is 0.0639. The van der Waals surface area contributed by atoms with Gasteiger partial charge in [0, 0.05) is 18.3 Å². The van der Waals surface area contributed by atoms with Gasteiger partial charge < -0.3 is 15.4 Å². The van der Waals surface area contributed by atoms with Crippen molar-refractivity contribution in [3.05, 3.63) is 23.9 Å². The molecule has 2 N–H and O–H groups in total. The first-order chi connectivity index (χ1) is 9.74. The number of piperidine rings is 1. The van der Waals surface area contributed by atoms with E-state index in [2.05, 4.69) is 22.5 Å². The summed E-state index contributed by atoms with van der Waals surface area (Å²) in [6.45, 7) is 3.56. The summed E-state index contributed by atoms with van der Waals surface area (Å²) in [5.41, 5.74) is 0.895. The van der Waals surface area contributed by atoms with Gasteiger partial charge in [-0.3, -0.25) is 4.79 Å². The Morgan fingerprint density at radius 1 is 1.60 bits per heavy atom. The summed E-state index contributed by atoms with van der Waals surface area (Å²) < 4.78 is 5.18. The van der Waals surface area contributed by atoms with Gasteiger partial charge in [0.1, 0.15) is 0 Å². The van der Waals surface area contributed by atoms with E-state index < -0.39 is 0 Å². The second kappa shape index (κ2) is 7.24. The summed E-state index contributed by atoms with van der Waals surface area (Å²) in [7, 11) is 1.59. The van der Waals surface area contributed by atoms with Gasteiger partial charge in [0.15, 0.2) is 0 Å². The van der Waals surface area contributed by atoms with Crippen molar-refractivity contribution in [2.24, 2.45) is 5.92 Å². The third kappa shape index (κ3) is 3.70. The lowest BCUT2D eigenvalue weighted by Crippen LogP contribution is -2.48. The van der Waals surface area contributed by atoms with E-state index in [9.17, 15) is 4.79 Å². The van der Waals surface area contributed by atoms with Crippen LogP contribution in [0, 0.1) is 5.92 Å². The molecule has 1 aromatic heterocycles. The number of rotatable bonds is 5. The van der Waals surface area contributed by atoms with Crippen molar-refractivity contribution < 1.29 is 9.53 Å². The fourth-order valence-electron chi connectivity index (χ4n) is 2.61. The summed E-state index contributed by atoms with van der Waals surface area (Å²) in [6.07, 6.45) is 4.91. The molecule has 1 amide bonds. The molecular weight excluding hydrogens is 254 g/mol. The van der Waals surface area contributed by atoms with E-state index in [1.165, 1.54) is 0 Å². The number of nitrogens with zero attached hydrogens (tertiary/aromatic N) is 1. The molecule has 0 saturated carbocycles. The van der Waals surface area contributed by atoms with Gasteiger partial charge in [-0.15, -0.1) is 0 Å². The number of pyridine rings is 1. The zero-order valence-electron chi connectivity index (χ0n) is 12.2. The monoisotopic (exact) mass is 277 g/mol. The van der Waals surface area contributed by atoms with Gasteiger partial charge in [0.2, 0.25) is 11.8 Å². The molecule has 110 valence electrons. The number of ether oxygens (including phenoxy) is 1. The van der Waals surface area contributed by atoms with Crippen LogP contribution in [-0.4, -0.2) is 30.6 Å². The molecule has 0 spiro atoms. The highest BCUT2D eigenvalue weighted by atomic mass is 16.5. The predicted molar refractivity (Wildman–Crippen MR) is 77.4 cm³/mol. The zero-order chi connectivity index (χ0) is 14.4. The SMILES string of the molecule is CCC1CCNC(C(=O)NCc2cccnc2OC)C1. The average Bonchev–Trinajstić information content (AvgIpc) is 2.52. The van der Waals surface area contributed by atoms with E-state index >= 15 is 0 Å². The molecule has 0 bridgehead atoms. The highest BCUT2D eigenvalue weighted by Gasteiger charge is 2.25. The van der Waals surface area contributed by atoms with Crippen LogP contribution in [0.5, 0.6) is 5.88 Å². The largest absolute Gasteiger partial charge is 0.481 e. The van der Waals surface area contributed by atoms with Crippen LogP contribution in [0.1, 0.15) is 31.7 Å². The molecule has 0 aliphatic carbocycles. The first-order valence-electron chi connectivity index (χ1n) is 7.23. The van der Waals surface area contributed by atoms with E-state index in [0.29, 0.717) is 18.3 Å². The van der Waals surface area contributed by atoms with Crippen molar-refractivity contribution in [3.8, 4) is 5.88 Å². The summed E-state index contributed by atoms with van der Waals surface area (Å²) in [5, 5.41) is 6.26. The average molecular weight is 277 g/mol. The maximum atomic E-state index is 12.2. The summed E-state index contributed by atoms with van der Waals surface area (Å²) >= 11 is 0. The lowest BCUT2D eigenvalue weighted by Gasteiger charge is -2.28. The molecular formula is C15H23N3O2. The maximum Gasteiger partial charge on any atom is 0.237 e. The van der Waals surface area contributed by atoms with Crippen LogP contribution in [0.15, 0.2) is 18.3 Å². The number of amides is 1. The van der Waals surface area contributed by atoms with E-state index in [1.54, 1.807) is 13.3 Å². The molecule has 1 aliphatic heterocycles. The van der Waals surface area contributed by atoms with Crippen molar-refractivity contribution in [1.29, 1.82) is 0 Å². The standard InChI is InChI=1S/C15H23N3O2/c1-3-11-6-8-16-13(9-11)14(19)18-10-12-5-4-7-17-15(12)20-2/h4-5,7,11,13,16H,3,6,8-10H2,1-2H3,(H,18,19). The molecule has 0 aromatic carbocycles. The Morgan fingerprint density at radius 3 is 3.20 bits per heavy atom. The van der Waals surface area contributed by atoms with Crippen molar-refractivity contribution in [3.63, 3.8) is 0 Å². The van der Waals surface area contributed by atoms with E-state index in [0.717, 1.165) is 31.4 Å². The normalized spacial score (nSPS) is 22.3. The molecule has 2 rings (SSSR count). The van der Waals surface area contributed by atoms with Crippen molar-refractivity contribution in [2.45, 2.75) is 38.8 Å². The molecule has 5 nitrogen and oxygen atoms in total. The van der Waals surface area contributed by atoms with Gasteiger partial charge in [-0.05, 0) is 31.4 Å². The smallest absolute Gasteiger partial charge is 0.237 e. The van der Waals surface area contributed by atoms with Crippen LogP contribution in [0.3, 0.4) is 0 Å². The van der Waals surface area contributed by atoms with E-state index in [-0.39, 0.29) is 11.9 Å². The minimum Gasteiger partial charge on any atom is -0.481 e. The van der Waals surface area contributed by atoms with E-state index in [4.69, 9.17) is 4.74 Å². The van der Waals surface area contributed by atoms with Crippen molar-refractivity contribution in [1.82, 2.24) is 15.6 Å². The van der Waals surface area contributed by atoms with Gasteiger partial charge in [0.25, 0.3) is 0 Å². The molecule has 5 heteroatoms. The van der Waals surface area contributed by atoms with Gasteiger partial charge >= 0.3 is 0 Å². The van der Waals surface area contributed by atoms with Crippen LogP contribution < -0.4 is 15.4 Å². The summed E-state index contributed by atoms with van der Waals surface area (Å²) in [4.78, 5) is 16.3. The second-order valence-corrected chi connectivity index (χ2v) is 5.19.